The fraction of sp³-hybridized carbons (Fsp3) is 0.231. The third-order valence-corrected chi connectivity index (χ3v) is 3.34. The second-order valence-electron chi connectivity index (χ2n) is 4.13. The number of hydrogen-bond donors (Lipinski definition) is 2. The van der Waals surface area contributed by atoms with Gasteiger partial charge in [-0.3, -0.25) is 5.84 Å². The van der Waals surface area contributed by atoms with Gasteiger partial charge >= 0.3 is 0 Å². The Morgan fingerprint density at radius 1 is 1.44 bits per heavy atom. The van der Waals surface area contributed by atoms with Crippen molar-refractivity contribution in [2.75, 3.05) is 0 Å². The summed E-state index contributed by atoms with van der Waals surface area (Å²) in [5.41, 5.74) is 4.24. The Balaban J connectivity index is 2.26. The topological polar surface area (TPSA) is 51.2 Å². The second-order valence-corrected chi connectivity index (χ2v) is 5.04. The van der Waals surface area contributed by atoms with Crippen LogP contribution in [0.3, 0.4) is 0 Å². The summed E-state index contributed by atoms with van der Waals surface area (Å²) < 4.78 is 19.9. The van der Waals surface area contributed by atoms with Crippen molar-refractivity contribution < 1.29 is 8.81 Å². The predicted octanol–water partition coefficient (Wildman–Crippen LogP) is 3.24. The molecule has 1 atom stereocenters. The lowest BCUT2D eigenvalue weighted by molar-refractivity contribution is 0.409. The molecule has 1 heterocycles. The molecule has 2 rings (SSSR count). The van der Waals surface area contributed by atoms with Gasteiger partial charge in [0.1, 0.15) is 11.6 Å². The molecule has 0 bridgehead atoms. The Morgan fingerprint density at radius 3 is 2.83 bits per heavy atom. The maximum atomic E-state index is 13.7. The van der Waals surface area contributed by atoms with Crippen LogP contribution in [0, 0.1) is 12.7 Å². The minimum atomic E-state index is -0.248. The smallest absolute Gasteiger partial charge is 0.126 e. The van der Waals surface area contributed by atoms with E-state index in [-0.39, 0.29) is 11.9 Å². The molecule has 0 saturated heterocycles. The van der Waals surface area contributed by atoms with Gasteiger partial charge in [0.25, 0.3) is 0 Å². The predicted molar refractivity (Wildman–Crippen MR) is 71.3 cm³/mol. The molecule has 0 aliphatic rings. The Morgan fingerprint density at radius 2 is 2.22 bits per heavy atom. The van der Waals surface area contributed by atoms with Crippen molar-refractivity contribution in [3.8, 4) is 0 Å². The van der Waals surface area contributed by atoms with Gasteiger partial charge in [0.15, 0.2) is 0 Å². The molecule has 0 fully saturated rings. The lowest BCUT2D eigenvalue weighted by Crippen LogP contribution is -2.30. The lowest BCUT2D eigenvalue weighted by atomic mass is 10.0. The molecule has 2 aromatic rings. The molecule has 3 nitrogen and oxygen atoms in total. The average Bonchev–Trinajstić information content (AvgIpc) is 2.77. The molecule has 1 aromatic heterocycles. The van der Waals surface area contributed by atoms with E-state index in [1.165, 1.54) is 6.07 Å². The van der Waals surface area contributed by atoms with E-state index in [0.29, 0.717) is 12.0 Å². The Kier molecular flexibility index (Phi) is 4.16. The van der Waals surface area contributed by atoms with E-state index in [2.05, 4.69) is 21.4 Å². The monoisotopic (exact) mass is 312 g/mol. The molecule has 0 aliphatic heterocycles. The van der Waals surface area contributed by atoms with Gasteiger partial charge in [-0.2, -0.15) is 0 Å². The first-order chi connectivity index (χ1) is 8.61. The fourth-order valence-corrected chi connectivity index (χ4v) is 2.30. The number of benzene rings is 1. The molecule has 96 valence electrons. The zero-order valence-electron chi connectivity index (χ0n) is 9.91. The molecule has 0 amide bonds. The summed E-state index contributed by atoms with van der Waals surface area (Å²) in [6.45, 7) is 1.93. The standard InChI is InChI=1S/C13H14BrFN2O/c1-8-4-5-18-13(8)12(17-16)7-9-6-10(14)2-3-11(9)15/h2-6,12,17H,7,16H2,1H3. The number of hydrogen-bond acceptors (Lipinski definition) is 3. The van der Waals surface area contributed by atoms with Crippen molar-refractivity contribution in [1.29, 1.82) is 0 Å². The summed E-state index contributed by atoms with van der Waals surface area (Å²) in [6, 6.07) is 6.46. The van der Waals surface area contributed by atoms with Gasteiger partial charge in [-0.1, -0.05) is 15.9 Å². The first-order valence-electron chi connectivity index (χ1n) is 5.56. The number of rotatable bonds is 4. The third-order valence-electron chi connectivity index (χ3n) is 2.85. The highest BCUT2D eigenvalue weighted by molar-refractivity contribution is 9.10. The zero-order chi connectivity index (χ0) is 13.1. The number of halogens is 2. The van der Waals surface area contributed by atoms with Crippen LogP contribution in [0.1, 0.15) is 22.9 Å². The SMILES string of the molecule is Cc1ccoc1C(Cc1cc(Br)ccc1F)NN. The van der Waals surface area contributed by atoms with E-state index in [0.717, 1.165) is 15.8 Å². The van der Waals surface area contributed by atoms with Crippen LogP contribution >= 0.6 is 15.9 Å². The molecular formula is C13H14BrFN2O. The van der Waals surface area contributed by atoms with Gasteiger partial charge in [0.2, 0.25) is 0 Å². The molecule has 1 aromatic carbocycles. The number of furan rings is 1. The largest absolute Gasteiger partial charge is 0.467 e. The lowest BCUT2D eigenvalue weighted by Gasteiger charge is -2.15. The summed E-state index contributed by atoms with van der Waals surface area (Å²) in [6.07, 6.45) is 2.03. The molecular weight excluding hydrogens is 299 g/mol. The summed E-state index contributed by atoms with van der Waals surface area (Å²) in [5, 5.41) is 0. The summed E-state index contributed by atoms with van der Waals surface area (Å²) in [7, 11) is 0. The highest BCUT2D eigenvalue weighted by atomic mass is 79.9. The van der Waals surface area contributed by atoms with E-state index in [4.69, 9.17) is 10.3 Å². The van der Waals surface area contributed by atoms with Gasteiger partial charge in [0, 0.05) is 4.47 Å². The molecule has 0 aliphatic carbocycles. The highest BCUT2D eigenvalue weighted by Gasteiger charge is 2.18. The number of hydrazine groups is 1. The Bertz CT molecular complexity index is 542. The minimum absolute atomic E-state index is 0.246. The zero-order valence-corrected chi connectivity index (χ0v) is 11.5. The quantitative estimate of drug-likeness (QED) is 0.673. The maximum absolute atomic E-state index is 13.7. The van der Waals surface area contributed by atoms with Crippen molar-refractivity contribution >= 4 is 15.9 Å². The van der Waals surface area contributed by atoms with E-state index in [9.17, 15) is 4.39 Å². The van der Waals surface area contributed by atoms with E-state index in [1.807, 2.05) is 13.0 Å². The van der Waals surface area contributed by atoms with E-state index in [1.54, 1.807) is 18.4 Å². The molecule has 0 saturated carbocycles. The van der Waals surface area contributed by atoms with Crippen LogP contribution in [-0.4, -0.2) is 0 Å². The van der Waals surface area contributed by atoms with Gasteiger partial charge in [0.05, 0.1) is 12.3 Å². The van der Waals surface area contributed by atoms with Crippen LogP contribution in [0.25, 0.3) is 0 Å². The van der Waals surface area contributed by atoms with Crippen molar-refractivity contribution in [2.24, 2.45) is 5.84 Å². The van der Waals surface area contributed by atoms with Crippen LogP contribution in [0.4, 0.5) is 4.39 Å². The number of nitrogens with two attached hydrogens (primary N) is 1. The second kappa shape index (κ2) is 5.65. The third kappa shape index (κ3) is 2.80. The summed E-state index contributed by atoms with van der Waals surface area (Å²) >= 11 is 3.33. The summed E-state index contributed by atoms with van der Waals surface area (Å²) in [5.74, 6) is 6.01. The number of nitrogens with one attached hydrogen (secondary N) is 1. The summed E-state index contributed by atoms with van der Waals surface area (Å²) in [4.78, 5) is 0. The fourth-order valence-electron chi connectivity index (χ4n) is 1.89. The van der Waals surface area contributed by atoms with Gasteiger partial charge in [-0.15, -0.1) is 0 Å². The van der Waals surface area contributed by atoms with Crippen LogP contribution in [-0.2, 0) is 6.42 Å². The molecule has 0 spiro atoms. The van der Waals surface area contributed by atoms with Crippen LogP contribution in [0.2, 0.25) is 0 Å². The van der Waals surface area contributed by atoms with Crippen LogP contribution in [0.5, 0.6) is 0 Å². The van der Waals surface area contributed by atoms with E-state index < -0.39 is 0 Å². The van der Waals surface area contributed by atoms with Crippen molar-refractivity contribution in [3.05, 3.63) is 57.7 Å². The van der Waals surface area contributed by atoms with E-state index >= 15 is 0 Å². The molecule has 3 N–H and O–H groups in total. The first-order valence-corrected chi connectivity index (χ1v) is 6.35. The number of aryl methyl sites for hydroxylation is 1. The van der Waals surface area contributed by atoms with Gasteiger partial charge in [-0.25, -0.2) is 9.82 Å². The molecule has 18 heavy (non-hydrogen) atoms. The Labute approximate surface area is 113 Å². The average molecular weight is 313 g/mol. The Hall–Kier alpha value is -1.17. The first kappa shape index (κ1) is 13.3. The van der Waals surface area contributed by atoms with Gasteiger partial charge in [-0.05, 0) is 48.7 Å². The molecule has 1 unspecified atom stereocenters. The highest BCUT2D eigenvalue weighted by Crippen LogP contribution is 2.24. The maximum Gasteiger partial charge on any atom is 0.126 e. The van der Waals surface area contributed by atoms with Crippen molar-refractivity contribution in [1.82, 2.24) is 5.43 Å². The normalized spacial score (nSPS) is 12.7. The van der Waals surface area contributed by atoms with Crippen LogP contribution < -0.4 is 11.3 Å². The minimum Gasteiger partial charge on any atom is -0.467 e. The van der Waals surface area contributed by atoms with Crippen molar-refractivity contribution in [2.45, 2.75) is 19.4 Å². The van der Waals surface area contributed by atoms with Gasteiger partial charge < -0.3 is 4.42 Å². The van der Waals surface area contributed by atoms with Crippen LogP contribution in [0.15, 0.2) is 39.4 Å². The van der Waals surface area contributed by atoms with Crippen molar-refractivity contribution in [3.63, 3.8) is 0 Å². The molecule has 0 radical (unpaired) electrons. The molecule has 5 heteroatoms.